The number of hydrogen-bond donors (Lipinski definition) is 2. The van der Waals surface area contributed by atoms with Crippen LogP contribution in [-0.2, 0) is 0 Å². The van der Waals surface area contributed by atoms with Crippen molar-refractivity contribution in [3.63, 3.8) is 0 Å². The van der Waals surface area contributed by atoms with Gasteiger partial charge in [-0.25, -0.2) is 0 Å². The lowest BCUT2D eigenvalue weighted by Gasteiger charge is -2.35. The molecule has 0 aromatic heterocycles. The second-order valence-electron chi connectivity index (χ2n) is 7.61. The highest BCUT2D eigenvalue weighted by Crippen LogP contribution is 2.40. The maximum Gasteiger partial charge on any atom is 0.0495 e. The third kappa shape index (κ3) is 4.37. The quantitative estimate of drug-likeness (QED) is 0.764. The Bertz CT molecular complexity index is 449. The summed E-state index contributed by atoms with van der Waals surface area (Å²) in [6.07, 6.45) is 6.11. The topological polar surface area (TPSA) is 38.0 Å². The lowest BCUT2D eigenvalue weighted by atomic mass is 9.76. The zero-order valence-electron chi connectivity index (χ0n) is 13.6. The Morgan fingerprint density at radius 1 is 1.19 bits per heavy atom. The van der Waals surface area contributed by atoms with Gasteiger partial charge >= 0.3 is 0 Å². The van der Waals surface area contributed by atoms with Gasteiger partial charge in [-0.2, -0.15) is 0 Å². The number of rotatable bonds is 3. The van der Waals surface area contributed by atoms with Crippen molar-refractivity contribution in [2.24, 2.45) is 17.1 Å². The van der Waals surface area contributed by atoms with Crippen molar-refractivity contribution >= 4 is 17.3 Å². The fraction of sp³-hybridized carbons (Fsp3) is 0.667. The molecule has 1 aliphatic rings. The lowest BCUT2D eigenvalue weighted by Crippen LogP contribution is -2.45. The summed E-state index contributed by atoms with van der Waals surface area (Å²) in [6.45, 7) is 7.77. The van der Waals surface area contributed by atoms with E-state index in [1.165, 1.54) is 19.3 Å². The highest BCUT2D eigenvalue weighted by Gasteiger charge is 2.35. The molecule has 2 unspecified atom stereocenters. The number of anilines is 1. The molecule has 0 aliphatic heterocycles. The van der Waals surface area contributed by atoms with E-state index in [9.17, 15) is 0 Å². The average molecular weight is 309 g/mol. The van der Waals surface area contributed by atoms with Crippen LogP contribution in [-0.4, -0.2) is 12.1 Å². The molecule has 2 atom stereocenters. The van der Waals surface area contributed by atoms with Crippen LogP contribution in [0.4, 0.5) is 5.69 Å². The summed E-state index contributed by atoms with van der Waals surface area (Å²) in [6, 6.07) is 7.96. The van der Waals surface area contributed by atoms with Crippen LogP contribution in [0.25, 0.3) is 0 Å². The van der Waals surface area contributed by atoms with Crippen LogP contribution in [0.2, 0.25) is 5.02 Å². The first-order chi connectivity index (χ1) is 9.85. The molecule has 3 N–H and O–H groups in total. The molecule has 1 fully saturated rings. The van der Waals surface area contributed by atoms with Gasteiger partial charge in [0.2, 0.25) is 0 Å². The van der Waals surface area contributed by atoms with Gasteiger partial charge in [0.25, 0.3) is 0 Å². The summed E-state index contributed by atoms with van der Waals surface area (Å²) < 4.78 is 0. The molecule has 2 rings (SSSR count). The molecule has 21 heavy (non-hydrogen) atoms. The zero-order chi connectivity index (χ0) is 15.5. The molecule has 1 aromatic carbocycles. The third-order valence-electron chi connectivity index (χ3n) is 5.05. The Labute approximate surface area is 134 Å². The summed E-state index contributed by atoms with van der Waals surface area (Å²) >= 11 is 5.97. The third-order valence-corrected chi connectivity index (χ3v) is 5.30. The van der Waals surface area contributed by atoms with Crippen molar-refractivity contribution in [2.75, 3.05) is 11.9 Å². The fourth-order valence-corrected chi connectivity index (χ4v) is 3.62. The minimum Gasteiger partial charge on any atom is -0.378 e. The summed E-state index contributed by atoms with van der Waals surface area (Å²) in [4.78, 5) is 0. The van der Waals surface area contributed by atoms with Gasteiger partial charge in [0.05, 0.1) is 0 Å². The van der Waals surface area contributed by atoms with Crippen LogP contribution in [0.1, 0.15) is 52.9 Å². The smallest absolute Gasteiger partial charge is 0.0495 e. The average Bonchev–Trinajstić information content (AvgIpc) is 2.64. The second-order valence-corrected chi connectivity index (χ2v) is 8.05. The summed E-state index contributed by atoms with van der Waals surface area (Å²) in [7, 11) is 0. The predicted molar refractivity (Wildman–Crippen MR) is 92.9 cm³/mol. The van der Waals surface area contributed by atoms with Crippen LogP contribution >= 0.6 is 11.6 Å². The van der Waals surface area contributed by atoms with Crippen molar-refractivity contribution in [3.8, 4) is 0 Å². The van der Waals surface area contributed by atoms with Crippen molar-refractivity contribution in [1.29, 1.82) is 0 Å². The van der Waals surface area contributed by atoms with E-state index in [0.29, 0.717) is 12.0 Å². The SMILES string of the molecule is CC(C)(C)C1CCCC(CN)(Nc2ccc(Cl)cc2)CC1. The van der Waals surface area contributed by atoms with Crippen molar-refractivity contribution in [3.05, 3.63) is 29.3 Å². The highest BCUT2D eigenvalue weighted by molar-refractivity contribution is 6.30. The molecule has 0 spiro atoms. The maximum atomic E-state index is 6.15. The number of nitrogens with two attached hydrogens (primary N) is 1. The first-order valence-electron chi connectivity index (χ1n) is 8.08. The Kier molecular flexibility index (Phi) is 5.21. The molecule has 1 aliphatic carbocycles. The zero-order valence-corrected chi connectivity index (χ0v) is 14.3. The number of nitrogens with one attached hydrogen (secondary N) is 1. The molecule has 0 heterocycles. The molecule has 0 radical (unpaired) electrons. The van der Waals surface area contributed by atoms with Gasteiger partial charge in [0.1, 0.15) is 0 Å². The van der Waals surface area contributed by atoms with Crippen molar-refractivity contribution in [2.45, 2.75) is 58.4 Å². The monoisotopic (exact) mass is 308 g/mol. The van der Waals surface area contributed by atoms with Crippen LogP contribution in [0.5, 0.6) is 0 Å². The van der Waals surface area contributed by atoms with E-state index in [1.807, 2.05) is 24.3 Å². The van der Waals surface area contributed by atoms with Gasteiger partial charge in [0, 0.05) is 22.8 Å². The first kappa shape index (κ1) is 16.6. The van der Waals surface area contributed by atoms with Crippen molar-refractivity contribution < 1.29 is 0 Å². The Balaban J connectivity index is 2.09. The summed E-state index contributed by atoms with van der Waals surface area (Å²) in [5.74, 6) is 0.790. The normalized spacial score (nSPS) is 27.2. The Morgan fingerprint density at radius 2 is 1.86 bits per heavy atom. The summed E-state index contributed by atoms with van der Waals surface area (Å²) in [5, 5.41) is 4.47. The number of benzene rings is 1. The molecular weight excluding hydrogens is 280 g/mol. The van der Waals surface area contributed by atoms with Crippen molar-refractivity contribution in [1.82, 2.24) is 0 Å². The Hall–Kier alpha value is -0.730. The molecule has 2 nitrogen and oxygen atoms in total. The molecule has 1 saturated carbocycles. The highest BCUT2D eigenvalue weighted by atomic mass is 35.5. The molecule has 0 amide bonds. The molecule has 0 saturated heterocycles. The number of halogens is 1. The second kappa shape index (κ2) is 6.58. The van der Waals surface area contributed by atoms with Crippen LogP contribution < -0.4 is 11.1 Å². The van der Waals surface area contributed by atoms with Crippen LogP contribution in [0, 0.1) is 11.3 Å². The molecule has 3 heteroatoms. The standard InChI is InChI=1S/C18H29ClN2/c1-17(2,3)14-5-4-11-18(13-20,12-10-14)21-16-8-6-15(19)7-9-16/h6-9,14,21H,4-5,10-13,20H2,1-3H3. The van der Waals surface area contributed by atoms with E-state index in [0.717, 1.165) is 29.5 Å². The Morgan fingerprint density at radius 3 is 2.43 bits per heavy atom. The van der Waals surface area contributed by atoms with Crippen LogP contribution in [0.3, 0.4) is 0 Å². The predicted octanol–water partition coefficient (Wildman–Crippen LogP) is 5.08. The van der Waals surface area contributed by atoms with E-state index in [-0.39, 0.29) is 5.54 Å². The maximum absolute atomic E-state index is 6.15. The van der Waals surface area contributed by atoms with Gasteiger partial charge in [-0.05, 0) is 61.3 Å². The van der Waals surface area contributed by atoms with Gasteiger partial charge in [-0.1, -0.05) is 38.8 Å². The van der Waals surface area contributed by atoms with E-state index in [1.54, 1.807) is 0 Å². The number of hydrogen-bond acceptors (Lipinski definition) is 2. The van der Waals surface area contributed by atoms with E-state index in [2.05, 4.69) is 26.1 Å². The van der Waals surface area contributed by atoms with Gasteiger partial charge < -0.3 is 11.1 Å². The van der Waals surface area contributed by atoms with Crippen LogP contribution in [0.15, 0.2) is 24.3 Å². The van der Waals surface area contributed by atoms with Gasteiger partial charge in [-0.3, -0.25) is 0 Å². The molecule has 0 bridgehead atoms. The summed E-state index contributed by atoms with van der Waals surface area (Å²) in [5.41, 5.74) is 7.70. The van der Waals surface area contributed by atoms with Gasteiger partial charge in [0.15, 0.2) is 0 Å². The van der Waals surface area contributed by atoms with E-state index in [4.69, 9.17) is 17.3 Å². The minimum atomic E-state index is 0.0355. The lowest BCUT2D eigenvalue weighted by molar-refractivity contribution is 0.212. The first-order valence-corrected chi connectivity index (χ1v) is 8.46. The minimum absolute atomic E-state index is 0.0355. The fourth-order valence-electron chi connectivity index (χ4n) is 3.49. The van der Waals surface area contributed by atoms with E-state index < -0.39 is 0 Å². The van der Waals surface area contributed by atoms with E-state index >= 15 is 0 Å². The molecule has 1 aromatic rings. The molecular formula is C18H29ClN2. The molecule has 118 valence electrons. The van der Waals surface area contributed by atoms with Gasteiger partial charge in [-0.15, -0.1) is 0 Å². The largest absolute Gasteiger partial charge is 0.378 e.